The molecule has 2 aliphatic carbocycles. The van der Waals surface area contributed by atoms with Crippen LogP contribution >= 0.6 is 34.3 Å². The number of ether oxygens (including phenoxy) is 2. The highest BCUT2D eigenvalue weighted by atomic mass is 35.5. The maximum atomic E-state index is 13.1. The Morgan fingerprint density at radius 3 is 1.49 bits per heavy atom. The molecule has 5 N–H and O–H groups in total. The van der Waals surface area contributed by atoms with E-state index >= 15 is 0 Å². The Hall–Kier alpha value is -5.07. The molecule has 8 rings (SSSR count). The Morgan fingerprint density at radius 1 is 0.685 bits per heavy atom. The first-order valence-electron chi connectivity index (χ1n) is 24.4. The molecule has 6 aromatic rings. The fraction of sp³-hybridized carbons (Fsp3) is 0.480. The maximum absolute atomic E-state index is 13.1. The first kappa shape index (κ1) is 57.2. The van der Waals surface area contributed by atoms with Gasteiger partial charge in [-0.25, -0.2) is 55.8 Å². The van der Waals surface area contributed by atoms with Crippen LogP contribution in [0, 0.1) is 0 Å². The van der Waals surface area contributed by atoms with Gasteiger partial charge in [-0.1, -0.05) is 38.1 Å². The number of thiazole rings is 2. The lowest BCUT2D eigenvalue weighted by Gasteiger charge is -2.28. The minimum atomic E-state index is -3.71. The lowest BCUT2D eigenvalue weighted by Crippen LogP contribution is -2.38. The number of hydrogen-bond acceptors (Lipinski definition) is 17. The van der Waals surface area contributed by atoms with Crippen LogP contribution in [0.1, 0.15) is 138 Å². The number of oxazole rings is 2. The molecule has 18 nitrogen and oxygen atoms in total. The Bertz CT molecular complexity index is 2910. The molecular weight excluding hydrogens is 1040 g/mol. The van der Waals surface area contributed by atoms with Gasteiger partial charge in [-0.15, -0.1) is 22.7 Å². The summed E-state index contributed by atoms with van der Waals surface area (Å²) in [4.78, 5) is 41.4. The third-order valence-corrected chi connectivity index (χ3v) is 17.4. The fourth-order valence-corrected chi connectivity index (χ4v) is 13.6. The molecule has 0 atom stereocenters. The minimum absolute atomic E-state index is 0.0972. The van der Waals surface area contributed by atoms with Gasteiger partial charge >= 0.3 is 11.5 Å². The zero-order valence-corrected chi connectivity index (χ0v) is 45.9. The summed E-state index contributed by atoms with van der Waals surface area (Å²) in [6.07, 6.45) is 17.5. The van der Waals surface area contributed by atoms with Crippen molar-refractivity contribution in [3.05, 3.63) is 107 Å². The zero-order chi connectivity index (χ0) is 52.7. The summed E-state index contributed by atoms with van der Waals surface area (Å²) in [6, 6.07) is 11.3. The van der Waals surface area contributed by atoms with E-state index in [0.29, 0.717) is 54.8 Å². The van der Waals surface area contributed by atoms with Gasteiger partial charge in [0.25, 0.3) is 0 Å². The Balaban J connectivity index is 0.000000213. The van der Waals surface area contributed by atoms with Crippen LogP contribution in [0.5, 0.6) is 0 Å². The molecule has 2 fully saturated rings. The summed E-state index contributed by atoms with van der Waals surface area (Å²) < 4.78 is 77.5. The summed E-state index contributed by atoms with van der Waals surface area (Å²) in [7, 11) is -7.36. The van der Waals surface area contributed by atoms with Gasteiger partial charge < -0.3 is 29.4 Å². The van der Waals surface area contributed by atoms with Crippen molar-refractivity contribution in [2.24, 2.45) is 5.73 Å². The molecule has 0 radical (unpaired) electrons. The van der Waals surface area contributed by atoms with Gasteiger partial charge in [-0.2, -0.15) is 0 Å². The second-order valence-corrected chi connectivity index (χ2v) is 24.1. The molecule has 2 aliphatic rings. The molecule has 23 heteroatoms. The van der Waals surface area contributed by atoms with Gasteiger partial charge in [-0.05, 0) is 102 Å². The van der Waals surface area contributed by atoms with E-state index in [0.717, 1.165) is 82.3 Å². The second-order valence-electron chi connectivity index (χ2n) is 18.2. The molecular formula is C50H65ClN8O10S4. The van der Waals surface area contributed by atoms with Gasteiger partial charge in [0.15, 0.2) is 11.8 Å². The predicted octanol–water partition coefficient (Wildman–Crippen LogP) is 10.3. The highest BCUT2D eigenvalue weighted by Crippen LogP contribution is 2.41. The van der Waals surface area contributed by atoms with Crippen molar-refractivity contribution < 1.29 is 44.7 Å². The second kappa shape index (κ2) is 26.9. The van der Waals surface area contributed by atoms with Crippen LogP contribution in [0.2, 0.25) is 0 Å². The molecule has 0 unspecified atom stereocenters. The number of carbonyl (C=O) groups excluding carboxylic acids is 2. The third-order valence-electron chi connectivity index (χ3n) is 11.8. The number of hydrogen-bond donors (Lipinski definition) is 4. The first-order chi connectivity index (χ1) is 34.8. The average molecular weight is 1100 g/mol. The largest absolute Gasteiger partial charge is 0.451 e. The van der Waals surface area contributed by atoms with Crippen LogP contribution in [-0.4, -0.2) is 85.7 Å². The zero-order valence-electron chi connectivity index (χ0n) is 41.8. The number of nitrogens with one attached hydrogen (secondary N) is 3. The lowest BCUT2D eigenvalue weighted by molar-refractivity contribution is 0.109. The van der Waals surface area contributed by atoms with Gasteiger partial charge in [0.05, 0.1) is 54.2 Å². The minimum Gasteiger partial charge on any atom is -0.451 e. The number of benzene rings is 2. The van der Waals surface area contributed by atoms with Crippen LogP contribution in [0.3, 0.4) is 0 Å². The number of aromatic nitrogens is 4. The van der Waals surface area contributed by atoms with Gasteiger partial charge in [0.2, 0.25) is 20.0 Å². The summed E-state index contributed by atoms with van der Waals surface area (Å²) in [5.74, 6) is 1.75. The van der Waals surface area contributed by atoms with E-state index in [1.807, 2.05) is 38.1 Å². The van der Waals surface area contributed by atoms with Gasteiger partial charge in [0, 0.05) is 85.0 Å². The van der Waals surface area contributed by atoms with Crippen molar-refractivity contribution >= 4 is 65.8 Å². The van der Waals surface area contributed by atoms with Crippen LogP contribution < -0.4 is 20.5 Å². The predicted molar refractivity (Wildman–Crippen MR) is 282 cm³/mol. The molecule has 396 valence electrons. The normalized spacial score (nSPS) is 18.1. The molecule has 2 saturated carbocycles. The average Bonchev–Trinajstić information content (AvgIpc) is 4.20. The molecule has 73 heavy (non-hydrogen) atoms. The maximum Gasteiger partial charge on any atom is 0.407 e. The van der Waals surface area contributed by atoms with E-state index in [1.165, 1.54) is 23.9 Å². The topological polar surface area (TPSA) is 261 Å². The number of nitrogens with zero attached hydrogens (tertiary/aromatic N) is 4. The Labute approximate surface area is 440 Å². The van der Waals surface area contributed by atoms with Crippen LogP contribution in [0.25, 0.3) is 20.9 Å². The van der Waals surface area contributed by atoms with E-state index in [4.69, 9.17) is 30.9 Å². The van der Waals surface area contributed by atoms with Crippen LogP contribution in [0.15, 0.2) is 92.3 Å². The summed E-state index contributed by atoms with van der Waals surface area (Å²) in [5.41, 5.74) is 8.20. The molecule has 1 amide bonds. The quantitative estimate of drug-likeness (QED) is 0.0619. The lowest BCUT2D eigenvalue weighted by atomic mass is 9.86. The van der Waals surface area contributed by atoms with Crippen molar-refractivity contribution in [1.82, 2.24) is 34.7 Å². The van der Waals surface area contributed by atoms with Crippen molar-refractivity contribution in [1.29, 1.82) is 0 Å². The molecule has 2 aromatic carbocycles. The Morgan fingerprint density at radius 2 is 1.12 bits per heavy atom. The SMILES string of the molecule is CC(C)OC(=O)Cl.CCNS(=O)(=O)c1cc(Cc2ncco2)ccc1-c1cnc(C2CCC(N)CC2)s1.CCNS(=O)(=O)c1cc(Cc2ncco2)ccc1-c1cnc(C2CCC(NC(=O)OC(C)C)CC2)s1. The molecule has 0 bridgehead atoms. The monoisotopic (exact) mass is 1100 g/mol. The van der Waals surface area contributed by atoms with E-state index in [-0.39, 0.29) is 46.1 Å². The van der Waals surface area contributed by atoms with Crippen molar-refractivity contribution in [3.8, 4) is 20.9 Å². The summed E-state index contributed by atoms with van der Waals surface area (Å²) in [5, 5.41) is 5.00. The number of alkyl carbamates (subject to hydrolysis) is 1. The first-order valence-corrected chi connectivity index (χ1v) is 29.3. The number of sulfonamides is 2. The van der Waals surface area contributed by atoms with E-state index in [2.05, 4.69) is 39.4 Å². The third kappa shape index (κ3) is 17.0. The number of carbonyl (C=O) groups is 2. The molecule has 0 saturated heterocycles. The Kier molecular flexibility index (Phi) is 21.1. The molecule has 4 heterocycles. The number of amides is 1. The highest BCUT2D eigenvalue weighted by molar-refractivity contribution is 7.90. The summed E-state index contributed by atoms with van der Waals surface area (Å²) >= 11 is 7.92. The highest BCUT2D eigenvalue weighted by Gasteiger charge is 2.29. The summed E-state index contributed by atoms with van der Waals surface area (Å²) in [6.45, 7) is 11.3. The van der Waals surface area contributed by atoms with Crippen LogP contribution in [-0.2, 0) is 42.4 Å². The van der Waals surface area contributed by atoms with Crippen molar-refractivity contribution in [2.75, 3.05) is 13.1 Å². The number of rotatable bonds is 17. The number of halogens is 1. The smallest absolute Gasteiger partial charge is 0.407 e. The molecule has 4 aromatic heterocycles. The molecule has 0 aliphatic heterocycles. The van der Waals surface area contributed by atoms with Gasteiger partial charge in [-0.3, -0.25) is 0 Å². The standard InChI is InChI=1S/C25H32N4O5S2.C21H26N4O3S2.C4H7ClO2/c1-4-28-36(31,32)22-13-17(14-23-26-11-12-33-23)5-10-20(22)21-15-27-24(35-21)18-6-8-19(9-7-18)29-25(30)34-16(2)3;1-2-25-30(26,27)19-11-14(12-20-23-9-10-28-20)3-8-17(19)18-13-24-21(29-18)15-4-6-16(22)7-5-15;1-3(2)7-4(5)6/h5,10-13,15-16,18-19,28H,4,6-9,14H2,1-3H3,(H,29,30);3,8-11,13,15-16,25H,2,4-7,12,22H2,1H3;3H,1-2H3. The van der Waals surface area contributed by atoms with Gasteiger partial charge in [0.1, 0.15) is 12.5 Å². The van der Waals surface area contributed by atoms with Crippen LogP contribution in [0.4, 0.5) is 9.59 Å². The number of nitrogens with two attached hydrogens (primary N) is 1. The van der Waals surface area contributed by atoms with Crippen molar-refractivity contribution in [2.45, 2.75) is 152 Å². The molecule has 0 spiro atoms. The van der Waals surface area contributed by atoms with E-state index in [9.17, 15) is 26.4 Å². The van der Waals surface area contributed by atoms with Crippen molar-refractivity contribution in [3.63, 3.8) is 0 Å². The fourth-order valence-electron chi connectivity index (χ4n) is 8.42. The van der Waals surface area contributed by atoms with E-state index in [1.54, 1.807) is 76.0 Å². The van der Waals surface area contributed by atoms with E-state index < -0.39 is 25.5 Å².